The van der Waals surface area contributed by atoms with Crippen LogP contribution in [-0.4, -0.2) is 47.9 Å². The van der Waals surface area contributed by atoms with Gasteiger partial charge in [-0.2, -0.15) is 0 Å². The summed E-state index contributed by atoms with van der Waals surface area (Å²) in [7, 11) is 0. The van der Waals surface area contributed by atoms with E-state index in [1.165, 1.54) is 0 Å². The molecule has 4 aliphatic rings. The number of hydrogen-bond donors (Lipinski definition) is 0. The van der Waals surface area contributed by atoms with Gasteiger partial charge in [0.15, 0.2) is 23.7 Å². The Hall–Kier alpha value is -0.560. The van der Waals surface area contributed by atoms with Gasteiger partial charge in [-0.15, -0.1) is 0 Å². The van der Waals surface area contributed by atoms with E-state index in [0.717, 1.165) is 0 Å². The van der Waals surface area contributed by atoms with Crippen molar-refractivity contribution in [3.8, 4) is 0 Å². The fourth-order valence-corrected chi connectivity index (χ4v) is 3.59. The minimum atomic E-state index is -4.17. The second-order valence-corrected chi connectivity index (χ2v) is 5.37. The molecule has 7 atom stereocenters. The molecule has 0 nitrogen and oxygen atoms in total. The van der Waals surface area contributed by atoms with Crippen LogP contribution in [0.15, 0.2) is 0 Å². The molecule has 0 spiro atoms. The van der Waals surface area contributed by atoms with Gasteiger partial charge in [0.25, 0.3) is 0 Å². The first-order chi connectivity index (χ1) is 8.11. The predicted molar refractivity (Wildman–Crippen MR) is 44.1 cm³/mol. The topological polar surface area (TPSA) is 0 Å². The standard InChI is InChI=1S/C10H8F8/c11-3-2-4(12)9(17)1-8(3,16)6(14)10(18,5(2)13)7(9)15/h2-7H,1H2. The molecule has 104 valence electrons. The molecule has 4 fully saturated rings. The molecular weight excluding hydrogens is 272 g/mol. The highest BCUT2D eigenvalue weighted by molar-refractivity contribution is 5.34. The third-order valence-electron chi connectivity index (χ3n) is 4.51. The molecule has 0 aromatic rings. The van der Waals surface area contributed by atoms with E-state index in [1.54, 1.807) is 0 Å². The lowest BCUT2D eigenvalue weighted by Gasteiger charge is -2.64. The Bertz CT molecular complexity index is 373. The molecule has 4 aliphatic carbocycles. The molecule has 0 saturated heterocycles. The van der Waals surface area contributed by atoms with Crippen molar-refractivity contribution in [2.24, 2.45) is 5.92 Å². The van der Waals surface area contributed by atoms with Gasteiger partial charge in [0.05, 0.1) is 5.92 Å². The van der Waals surface area contributed by atoms with Crippen LogP contribution in [0, 0.1) is 5.92 Å². The highest BCUT2D eigenvalue weighted by Crippen LogP contribution is 2.67. The van der Waals surface area contributed by atoms with Crippen LogP contribution < -0.4 is 0 Å². The number of rotatable bonds is 0. The van der Waals surface area contributed by atoms with E-state index in [2.05, 4.69) is 0 Å². The van der Waals surface area contributed by atoms with Gasteiger partial charge in [-0.1, -0.05) is 0 Å². The molecule has 0 radical (unpaired) electrons. The smallest absolute Gasteiger partial charge is 0.210 e. The van der Waals surface area contributed by atoms with Crippen LogP contribution >= 0.6 is 0 Å². The summed E-state index contributed by atoms with van der Waals surface area (Å²) in [5.74, 6) is -2.65. The van der Waals surface area contributed by atoms with Crippen molar-refractivity contribution in [3.05, 3.63) is 0 Å². The Balaban J connectivity index is 2.23. The van der Waals surface area contributed by atoms with Crippen molar-refractivity contribution in [1.82, 2.24) is 0 Å². The van der Waals surface area contributed by atoms with Gasteiger partial charge in [0.1, 0.15) is 18.5 Å². The van der Waals surface area contributed by atoms with Crippen molar-refractivity contribution in [3.63, 3.8) is 0 Å². The molecule has 18 heavy (non-hydrogen) atoms. The molecule has 0 aliphatic heterocycles. The molecule has 4 rings (SSSR count). The molecule has 0 heterocycles. The van der Waals surface area contributed by atoms with E-state index in [1.807, 2.05) is 0 Å². The van der Waals surface area contributed by atoms with Crippen LogP contribution in [0.4, 0.5) is 35.1 Å². The molecular formula is C10H8F8. The van der Waals surface area contributed by atoms with Gasteiger partial charge in [-0.3, -0.25) is 0 Å². The van der Waals surface area contributed by atoms with Crippen molar-refractivity contribution >= 4 is 0 Å². The van der Waals surface area contributed by atoms with Gasteiger partial charge in [-0.05, 0) is 0 Å². The van der Waals surface area contributed by atoms with E-state index in [-0.39, 0.29) is 0 Å². The third-order valence-corrected chi connectivity index (χ3v) is 4.51. The number of hydrogen-bond acceptors (Lipinski definition) is 0. The van der Waals surface area contributed by atoms with Crippen molar-refractivity contribution < 1.29 is 35.1 Å². The lowest BCUT2D eigenvalue weighted by atomic mass is 9.48. The summed E-state index contributed by atoms with van der Waals surface area (Å²) in [6.07, 6.45) is -18.1. The maximum Gasteiger partial charge on any atom is 0.210 e. The molecule has 0 N–H and O–H groups in total. The van der Waals surface area contributed by atoms with Gasteiger partial charge in [0, 0.05) is 6.42 Å². The quantitative estimate of drug-likeness (QED) is 0.599. The van der Waals surface area contributed by atoms with Gasteiger partial charge in [0.2, 0.25) is 5.67 Å². The van der Waals surface area contributed by atoms with Crippen LogP contribution in [0.25, 0.3) is 0 Å². The summed E-state index contributed by atoms with van der Waals surface area (Å²) in [6.45, 7) is 0. The minimum Gasteiger partial charge on any atom is -0.243 e. The van der Waals surface area contributed by atoms with Crippen LogP contribution in [0.5, 0.6) is 0 Å². The van der Waals surface area contributed by atoms with Crippen LogP contribution in [-0.2, 0) is 0 Å². The summed E-state index contributed by atoms with van der Waals surface area (Å²) >= 11 is 0. The van der Waals surface area contributed by atoms with E-state index >= 15 is 0 Å². The van der Waals surface area contributed by atoms with E-state index in [0.29, 0.717) is 0 Å². The van der Waals surface area contributed by atoms with Gasteiger partial charge < -0.3 is 0 Å². The first kappa shape index (κ1) is 12.5. The van der Waals surface area contributed by atoms with Crippen LogP contribution in [0.2, 0.25) is 0 Å². The largest absolute Gasteiger partial charge is 0.243 e. The Morgan fingerprint density at radius 3 is 1.44 bits per heavy atom. The average molecular weight is 280 g/mol. The van der Waals surface area contributed by atoms with E-state index < -0.39 is 60.2 Å². The average Bonchev–Trinajstić information content (AvgIpc) is 2.31. The fourth-order valence-electron chi connectivity index (χ4n) is 3.59. The van der Waals surface area contributed by atoms with Gasteiger partial charge >= 0.3 is 0 Å². The lowest BCUT2D eigenvalue weighted by Crippen LogP contribution is -2.86. The molecule has 0 amide bonds. The third kappa shape index (κ3) is 0.911. The summed E-state index contributed by atoms with van der Waals surface area (Å²) in [5, 5.41) is 0. The zero-order valence-corrected chi connectivity index (χ0v) is 8.69. The number of alkyl halides is 8. The first-order valence-electron chi connectivity index (χ1n) is 5.39. The first-order valence-corrected chi connectivity index (χ1v) is 5.39. The zero-order valence-electron chi connectivity index (χ0n) is 8.69. The van der Waals surface area contributed by atoms with Crippen LogP contribution in [0.1, 0.15) is 6.42 Å². The van der Waals surface area contributed by atoms with E-state index in [4.69, 9.17) is 0 Å². The summed E-state index contributed by atoms with van der Waals surface area (Å²) in [4.78, 5) is 0. The molecule has 4 saturated carbocycles. The summed E-state index contributed by atoms with van der Waals surface area (Å²) in [6, 6.07) is 0. The van der Waals surface area contributed by atoms with Gasteiger partial charge in [-0.25, -0.2) is 35.1 Å². The number of halogens is 8. The second kappa shape index (κ2) is 2.95. The highest BCUT2D eigenvalue weighted by atomic mass is 19.2. The zero-order chi connectivity index (χ0) is 13.7. The Morgan fingerprint density at radius 2 is 1.06 bits per heavy atom. The highest BCUT2D eigenvalue weighted by Gasteiger charge is 2.88. The predicted octanol–water partition coefficient (Wildman–Crippen LogP) is 2.85. The summed E-state index contributed by atoms with van der Waals surface area (Å²) < 4.78 is 110. The Labute approximate surface area is 96.3 Å². The van der Waals surface area contributed by atoms with E-state index in [9.17, 15) is 35.1 Å². The SMILES string of the molecule is FC1C2C(F)C3(F)CC1(F)C(F)C(F)(C2F)C3F. The van der Waals surface area contributed by atoms with Crippen molar-refractivity contribution in [2.45, 2.75) is 54.3 Å². The molecule has 8 heteroatoms. The van der Waals surface area contributed by atoms with Crippen LogP contribution in [0.3, 0.4) is 0 Å². The maximum atomic E-state index is 14.0. The Morgan fingerprint density at radius 1 is 0.667 bits per heavy atom. The maximum absolute atomic E-state index is 14.0. The minimum absolute atomic E-state index is 1.78. The summed E-state index contributed by atoms with van der Waals surface area (Å²) in [5.41, 5.74) is -11.6. The van der Waals surface area contributed by atoms with Crippen molar-refractivity contribution in [2.75, 3.05) is 0 Å². The molecule has 0 aromatic heterocycles. The lowest BCUT2D eigenvalue weighted by molar-refractivity contribution is -0.333. The molecule has 0 aromatic carbocycles. The fraction of sp³-hybridized carbons (Fsp3) is 1.00. The van der Waals surface area contributed by atoms with Crippen molar-refractivity contribution in [1.29, 1.82) is 0 Å². The molecule has 7 unspecified atom stereocenters. The second-order valence-electron chi connectivity index (χ2n) is 5.37. The Kier molecular flexibility index (Phi) is 2.05. The molecule has 4 bridgehead atoms. The monoisotopic (exact) mass is 280 g/mol. The normalized spacial score (nSPS) is 70.7.